The third-order valence-corrected chi connectivity index (χ3v) is 3.31. The molecule has 0 spiro atoms. The minimum Gasteiger partial charge on any atom is -0.486 e. The second kappa shape index (κ2) is 4.03. The van der Waals surface area contributed by atoms with Crippen LogP contribution >= 0.6 is 0 Å². The van der Waals surface area contributed by atoms with Crippen LogP contribution < -0.4 is 10.3 Å². The minimum atomic E-state index is -1.41. The van der Waals surface area contributed by atoms with Gasteiger partial charge in [0, 0.05) is 5.39 Å². The molecule has 1 aliphatic heterocycles. The average molecular weight is 281 g/mol. The summed E-state index contributed by atoms with van der Waals surface area (Å²) >= 11 is 0. The van der Waals surface area contributed by atoms with E-state index in [1.165, 1.54) is 0 Å². The van der Waals surface area contributed by atoms with Crippen molar-refractivity contribution in [3.8, 4) is 5.75 Å². The molecule has 1 aromatic heterocycles. The number of halogens is 2. The van der Waals surface area contributed by atoms with Gasteiger partial charge in [-0.2, -0.15) is 4.39 Å². The highest BCUT2D eigenvalue weighted by atomic mass is 19.2. The lowest BCUT2D eigenvalue weighted by molar-refractivity contribution is 0.0694. The second-order valence-corrected chi connectivity index (χ2v) is 4.64. The Morgan fingerprint density at radius 3 is 2.80 bits per heavy atom. The van der Waals surface area contributed by atoms with Gasteiger partial charge in [-0.15, -0.1) is 0 Å². The maximum atomic E-state index is 13.7. The summed E-state index contributed by atoms with van der Waals surface area (Å²) in [6.45, 7) is 1.60. The van der Waals surface area contributed by atoms with E-state index in [9.17, 15) is 18.4 Å². The molecule has 0 fully saturated rings. The van der Waals surface area contributed by atoms with Crippen LogP contribution in [0.2, 0.25) is 0 Å². The molecular formula is C13H9F2NO4. The first-order valence-corrected chi connectivity index (χ1v) is 5.85. The van der Waals surface area contributed by atoms with E-state index in [4.69, 9.17) is 9.84 Å². The molecule has 0 saturated heterocycles. The summed E-state index contributed by atoms with van der Waals surface area (Å²) in [5.74, 6) is -4.10. The number of rotatable bonds is 1. The molecule has 0 bridgehead atoms. The first-order chi connectivity index (χ1) is 9.41. The van der Waals surface area contributed by atoms with E-state index in [1.807, 2.05) is 0 Å². The standard InChI is InChI=1S/C13H9F2NO4/c1-5-4-20-11-9(15)8(14)3-6-2-7(13(18)19)12(17)16(5)10(6)11/h2-3,5H,4H2,1H3,(H,18,19)/t5-/m0/s1. The number of hydrogen-bond donors (Lipinski definition) is 1. The molecule has 104 valence electrons. The van der Waals surface area contributed by atoms with Gasteiger partial charge in [0.25, 0.3) is 5.56 Å². The van der Waals surface area contributed by atoms with Crippen molar-refractivity contribution >= 4 is 16.9 Å². The van der Waals surface area contributed by atoms with Gasteiger partial charge < -0.3 is 9.84 Å². The molecule has 1 aliphatic rings. The summed E-state index contributed by atoms with van der Waals surface area (Å²) in [6.07, 6.45) is 0. The van der Waals surface area contributed by atoms with Gasteiger partial charge in [-0.3, -0.25) is 9.36 Å². The zero-order valence-electron chi connectivity index (χ0n) is 10.3. The van der Waals surface area contributed by atoms with Crippen LogP contribution in [0.25, 0.3) is 10.9 Å². The van der Waals surface area contributed by atoms with Crippen molar-refractivity contribution in [1.82, 2.24) is 4.57 Å². The monoisotopic (exact) mass is 281 g/mol. The maximum absolute atomic E-state index is 13.7. The number of benzene rings is 1. The summed E-state index contributed by atoms with van der Waals surface area (Å²) in [5.41, 5.74) is -1.16. The number of aromatic nitrogens is 1. The van der Waals surface area contributed by atoms with Crippen LogP contribution in [0.5, 0.6) is 5.75 Å². The number of pyridine rings is 1. The van der Waals surface area contributed by atoms with Crippen molar-refractivity contribution in [2.75, 3.05) is 6.61 Å². The molecule has 1 N–H and O–H groups in total. The molecule has 7 heteroatoms. The van der Waals surface area contributed by atoms with E-state index in [0.29, 0.717) is 0 Å². The molecule has 1 aromatic carbocycles. The van der Waals surface area contributed by atoms with Crippen molar-refractivity contribution in [1.29, 1.82) is 0 Å². The quantitative estimate of drug-likeness (QED) is 0.867. The topological polar surface area (TPSA) is 68.5 Å². The molecule has 0 amide bonds. The van der Waals surface area contributed by atoms with Crippen molar-refractivity contribution < 1.29 is 23.4 Å². The van der Waals surface area contributed by atoms with Gasteiger partial charge in [0.1, 0.15) is 12.2 Å². The lowest BCUT2D eigenvalue weighted by Crippen LogP contribution is -2.34. The van der Waals surface area contributed by atoms with Gasteiger partial charge in [-0.05, 0) is 19.1 Å². The number of hydrogen-bond acceptors (Lipinski definition) is 3. The van der Waals surface area contributed by atoms with Crippen LogP contribution in [0.4, 0.5) is 8.78 Å². The molecule has 20 heavy (non-hydrogen) atoms. The summed E-state index contributed by atoms with van der Waals surface area (Å²) in [4.78, 5) is 23.2. The fraction of sp³-hybridized carbons (Fsp3) is 0.231. The van der Waals surface area contributed by atoms with E-state index in [2.05, 4.69) is 0 Å². The van der Waals surface area contributed by atoms with Crippen LogP contribution in [0, 0.1) is 11.6 Å². The Balaban J connectivity index is 2.57. The first kappa shape index (κ1) is 12.6. The number of aromatic carboxylic acids is 1. The van der Waals surface area contributed by atoms with E-state index in [-0.39, 0.29) is 23.3 Å². The zero-order valence-corrected chi connectivity index (χ0v) is 10.3. The van der Waals surface area contributed by atoms with Crippen molar-refractivity contribution in [2.24, 2.45) is 0 Å². The highest BCUT2D eigenvalue weighted by Crippen LogP contribution is 2.35. The molecule has 0 unspecified atom stereocenters. The highest BCUT2D eigenvalue weighted by molar-refractivity contribution is 5.94. The highest BCUT2D eigenvalue weighted by Gasteiger charge is 2.28. The third kappa shape index (κ3) is 1.52. The Morgan fingerprint density at radius 1 is 1.45 bits per heavy atom. The molecule has 1 atom stereocenters. The summed E-state index contributed by atoms with van der Waals surface area (Å²) in [5, 5.41) is 9.14. The van der Waals surface area contributed by atoms with E-state index >= 15 is 0 Å². The molecule has 5 nitrogen and oxygen atoms in total. The number of carbonyl (C=O) groups is 1. The predicted molar refractivity (Wildman–Crippen MR) is 65.3 cm³/mol. The summed E-state index contributed by atoms with van der Waals surface area (Å²) < 4.78 is 33.5. The first-order valence-electron chi connectivity index (χ1n) is 5.85. The van der Waals surface area contributed by atoms with E-state index in [1.54, 1.807) is 6.92 Å². The molecular weight excluding hydrogens is 272 g/mol. The van der Waals surface area contributed by atoms with Crippen molar-refractivity contribution in [2.45, 2.75) is 13.0 Å². The third-order valence-electron chi connectivity index (χ3n) is 3.31. The van der Waals surface area contributed by atoms with Crippen LogP contribution in [-0.2, 0) is 0 Å². The number of carboxylic acid groups (broad SMARTS) is 1. The molecule has 0 radical (unpaired) electrons. The normalized spacial score (nSPS) is 17.1. The van der Waals surface area contributed by atoms with Crippen molar-refractivity contribution in [3.05, 3.63) is 39.7 Å². The average Bonchev–Trinajstić information content (AvgIpc) is 2.39. The molecule has 0 aliphatic carbocycles. The van der Waals surface area contributed by atoms with Crippen LogP contribution in [0.15, 0.2) is 16.9 Å². The Hall–Kier alpha value is -2.44. The fourth-order valence-corrected chi connectivity index (χ4v) is 2.40. The predicted octanol–water partition coefficient (Wildman–Crippen LogP) is 1.93. The number of ether oxygens (including phenoxy) is 1. The van der Waals surface area contributed by atoms with Gasteiger partial charge in [0.15, 0.2) is 11.6 Å². The van der Waals surface area contributed by atoms with Gasteiger partial charge in [0.05, 0.1) is 11.6 Å². The maximum Gasteiger partial charge on any atom is 0.341 e. The summed E-state index contributed by atoms with van der Waals surface area (Å²) in [7, 11) is 0. The molecule has 3 rings (SSSR count). The van der Waals surface area contributed by atoms with Crippen LogP contribution in [0.1, 0.15) is 23.3 Å². The Kier molecular flexibility index (Phi) is 2.53. The lowest BCUT2D eigenvalue weighted by Gasteiger charge is -2.26. The van der Waals surface area contributed by atoms with Crippen LogP contribution in [0.3, 0.4) is 0 Å². The van der Waals surface area contributed by atoms with Crippen molar-refractivity contribution in [3.63, 3.8) is 0 Å². The summed E-state index contributed by atoms with van der Waals surface area (Å²) in [6, 6.07) is 1.42. The Morgan fingerprint density at radius 2 is 2.15 bits per heavy atom. The minimum absolute atomic E-state index is 0.0363. The number of carboxylic acids is 1. The van der Waals surface area contributed by atoms with E-state index in [0.717, 1.165) is 16.7 Å². The molecule has 0 saturated carbocycles. The second-order valence-electron chi connectivity index (χ2n) is 4.64. The Labute approximate surface area is 111 Å². The van der Waals surface area contributed by atoms with Gasteiger partial charge >= 0.3 is 5.97 Å². The SMILES string of the molecule is C[C@H]1COc2c(F)c(F)cc3cc(C(=O)O)c(=O)n1c23. The van der Waals surface area contributed by atoms with Gasteiger partial charge in [-0.1, -0.05) is 0 Å². The van der Waals surface area contributed by atoms with Crippen LogP contribution in [-0.4, -0.2) is 22.2 Å². The van der Waals surface area contributed by atoms with Gasteiger partial charge in [-0.25, -0.2) is 9.18 Å². The lowest BCUT2D eigenvalue weighted by atomic mass is 10.1. The smallest absolute Gasteiger partial charge is 0.341 e. The number of nitrogens with zero attached hydrogens (tertiary/aromatic N) is 1. The largest absolute Gasteiger partial charge is 0.486 e. The fourth-order valence-electron chi connectivity index (χ4n) is 2.40. The Bertz CT molecular complexity index is 812. The van der Waals surface area contributed by atoms with Gasteiger partial charge in [0.2, 0.25) is 5.82 Å². The van der Waals surface area contributed by atoms with E-state index < -0.39 is 34.8 Å². The molecule has 2 heterocycles. The zero-order chi connectivity index (χ0) is 14.6. The molecule has 2 aromatic rings.